The summed E-state index contributed by atoms with van der Waals surface area (Å²) in [5, 5.41) is 0. The summed E-state index contributed by atoms with van der Waals surface area (Å²) in [5.41, 5.74) is 0. The molecule has 0 unspecified atom stereocenters. The van der Waals surface area contributed by atoms with Gasteiger partial charge in [0.25, 0.3) is 0 Å². The molecule has 2 heteroatoms. The minimum Gasteiger partial charge on any atom is -0.342 e. The molecule has 70 valence electrons. The van der Waals surface area contributed by atoms with E-state index in [9.17, 15) is 0 Å². The molecule has 0 rings (SSSR count). The van der Waals surface area contributed by atoms with Gasteiger partial charge in [0.15, 0.2) is 0 Å². The highest BCUT2D eigenvalue weighted by atomic mass is 16.7. The van der Waals surface area contributed by atoms with Gasteiger partial charge in [0.1, 0.15) is 0 Å². The van der Waals surface area contributed by atoms with E-state index in [0.717, 1.165) is 12.8 Å². The normalized spacial score (nSPS) is 9.67. The van der Waals surface area contributed by atoms with E-state index in [-0.39, 0.29) is 6.29 Å². The Hall–Kier alpha value is -0.520. The van der Waals surface area contributed by atoms with Gasteiger partial charge in [-0.05, 0) is 26.2 Å². The molecule has 0 N–H and O–H groups in total. The monoisotopic (exact) mass is 170 g/mol. The van der Waals surface area contributed by atoms with Gasteiger partial charge in [0.2, 0.25) is 6.29 Å². The van der Waals surface area contributed by atoms with E-state index >= 15 is 0 Å². The summed E-state index contributed by atoms with van der Waals surface area (Å²) in [7, 11) is 0. The zero-order valence-electron chi connectivity index (χ0n) is 8.22. The van der Waals surface area contributed by atoms with E-state index in [1.54, 1.807) is 0 Å². The highest BCUT2D eigenvalue weighted by Crippen LogP contribution is 1.93. The predicted molar refractivity (Wildman–Crippen MR) is 49.7 cm³/mol. The van der Waals surface area contributed by atoms with Crippen molar-refractivity contribution in [3.05, 3.63) is 0 Å². The van der Waals surface area contributed by atoms with E-state index < -0.39 is 0 Å². The van der Waals surface area contributed by atoms with Crippen molar-refractivity contribution >= 4 is 0 Å². The second-order valence-electron chi connectivity index (χ2n) is 2.31. The van der Waals surface area contributed by atoms with Crippen LogP contribution in [0.4, 0.5) is 0 Å². The highest BCUT2D eigenvalue weighted by molar-refractivity contribution is 5.01. The number of hydrogen-bond acceptors (Lipinski definition) is 2. The average Bonchev–Trinajstić information content (AvgIpc) is 2.06. The third-order valence-electron chi connectivity index (χ3n) is 1.23. The molecule has 0 aliphatic rings. The summed E-state index contributed by atoms with van der Waals surface area (Å²) in [4.78, 5) is 0. The van der Waals surface area contributed by atoms with Gasteiger partial charge in [-0.3, -0.25) is 0 Å². The molecule has 0 aromatic rings. The second kappa shape index (κ2) is 8.58. The number of unbranched alkanes of at least 4 members (excludes halogenated alkanes) is 1. The Balaban J connectivity index is 3.70. The molecule has 0 aromatic heterocycles. The summed E-state index contributed by atoms with van der Waals surface area (Å²) in [5.74, 6) is 5.93. The van der Waals surface area contributed by atoms with Crippen LogP contribution < -0.4 is 0 Å². The van der Waals surface area contributed by atoms with Gasteiger partial charge in [-0.15, -0.1) is 0 Å². The Morgan fingerprint density at radius 1 is 1.08 bits per heavy atom. The summed E-state index contributed by atoms with van der Waals surface area (Å²) < 4.78 is 10.5. The number of rotatable bonds is 5. The van der Waals surface area contributed by atoms with Crippen LogP contribution in [-0.2, 0) is 9.47 Å². The molecule has 0 saturated carbocycles. The van der Waals surface area contributed by atoms with Gasteiger partial charge in [0.05, 0.1) is 0 Å². The maximum absolute atomic E-state index is 5.23. The molecule has 0 heterocycles. The summed E-state index contributed by atoms with van der Waals surface area (Å²) in [6.45, 7) is 7.27. The Bertz CT molecular complexity index is 138. The third kappa shape index (κ3) is 6.21. The second-order valence-corrected chi connectivity index (χ2v) is 2.31. The lowest BCUT2D eigenvalue weighted by Gasteiger charge is -2.09. The lowest BCUT2D eigenvalue weighted by Crippen LogP contribution is -2.14. The molecule has 0 aliphatic heterocycles. The Kier molecular flexibility index (Phi) is 8.20. The first kappa shape index (κ1) is 11.5. The van der Waals surface area contributed by atoms with E-state index in [2.05, 4.69) is 18.8 Å². The molecule has 0 aromatic carbocycles. The van der Waals surface area contributed by atoms with Crippen molar-refractivity contribution in [2.45, 2.75) is 39.9 Å². The summed E-state index contributed by atoms with van der Waals surface area (Å²) in [6.07, 6.45) is 1.67. The van der Waals surface area contributed by atoms with E-state index in [0.29, 0.717) is 13.2 Å². The fourth-order valence-electron chi connectivity index (χ4n) is 0.715. The molecule has 0 spiro atoms. The first-order valence-electron chi connectivity index (χ1n) is 4.56. The van der Waals surface area contributed by atoms with Crippen molar-refractivity contribution in [2.75, 3.05) is 13.2 Å². The van der Waals surface area contributed by atoms with Crippen LogP contribution in [-0.4, -0.2) is 19.5 Å². The van der Waals surface area contributed by atoms with Gasteiger partial charge in [0, 0.05) is 19.6 Å². The van der Waals surface area contributed by atoms with Crippen molar-refractivity contribution in [2.24, 2.45) is 0 Å². The van der Waals surface area contributed by atoms with Gasteiger partial charge < -0.3 is 9.47 Å². The Morgan fingerprint density at radius 2 is 1.67 bits per heavy atom. The molecule has 2 nitrogen and oxygen atoms in total. The first-order chi connectivity index (χ1) is 5.85. The molecule has 0 amide bonds. The molecule has 0 aliphatic carbocycles. The van der Waals surface area contributed by atoms with E-state index in [1.807, 2.05) is 13.8 Å². The molecule has 12 heavy (non-hydrogen) atoms. The largest absolute Gasteiger partial charge is 0.342 e. The Morgan fingerprint density at radius 3 is 2.08 bits per heavy atom. The molecular weight excluding hydrogens is 152 g/mol. The molecular formula is C10H18O2. The van der Waals surface area contributed by atoms with Crippen molar-refractivity contribution in [1.82, 2.24) is 0 Å². The van der Waals surface area contributed by atoms with Crippen LogP contribution in [0.2, 0.25) is 0 Å². The van der Waals surface area contributed by atoms with Gasteiger partial charge in [-0.25, -0.2) is 0 Å². The molecule has 0 saturated heterocycles. The van der Waals surface area contributed by atoms with E-state index in [1.165, 1.54) is 0 Å². The average molecular weight is 170 g/mol. The minimum atomic E-state index is -0.327. The Labute approximate surface area is 75.3 Å². The standard InChI is InChI=1S/C10H18O2/c1-4-7-8-9-10(11-5-2)12-6-3/h10H,4-7H2,1-3H3. The lowest BCUT2D eigenvalue weighted by atomic mass is 10.3. The van der Waals surface area contributed by atoms with Crippen molar-refractivity contribution in [3.8, 4) is 11.8 Å². The van der Waals surface area contributed by atoms with Crippen LogP contribution in [0.5, 0.6) is 0 Å². The summed E-state index contributed by atoms with van der Waals surface area (Å²) >= 11 is 0. The van der Waals surface area contributed by atoms with Gasteiger partial charge >= 0.3 is 0 Å². The maximum atomic E-state index is 5.23. The highest BCUT2D eigenvalue weighted by Gasteiger charge is 2.00. The van der Waals surface area contributed by atoms with Gasteiger partial charge in [-0.2, -0.15) is 0 Å². The topological polar surface area (TPSA) is 18.5 Å². The third-order valence-corrected chi connectivity index (χ3v) is 1.23. The molecule has 0 radical (unpaired) electrons. The van der Waals surface area contributed by atoms with E-state index in [4.69, 9.17) is 9.47 Å². The van der Waals surface area contributed by atoms with Crippen LogP contribution in [0.3, 0.4) is 0 Å². The van der Waals surface area contributed by atoms with Crippen LogP contribution in [0.1, 0.15) is 33.6 Å². The number of hydrogen-bond donors (Lipinski definition) is 0. The zero-order chi connectivity index (χ0) is 9.23. The zero-order valence-corrected chi connectivity index (χ0v) is 8.22. The quantitative estimate of drug-likeness (QED) is 0.465. The fraction of sp³-hybridized carbons (Fsp3) is 0.800. The van der Waals surface area contributed by atoms with Crippen molar-refractivity contribution in [3.63, 3.8) is 0 Å². The minimum absolute atomic E-state index is 0.327. The SMILES string of the molecule is CCCC#CC(OCC)OCC. The fourth-order valence-corrected chi connectivity index (χ4v) is 0.715. The molecule has 0 bridgehead atoms. The van der Waals surface area contributed by atoms with Crippen LogP contribution in [0.25, 0.3) is 0 Å². The number of ether oxygens (including phenoxy) is 2. The lowest BCUT2D eigenvalue weighted by molar-refractivity contribution is -0.0970. The molecule has 0 fully saturated rings. The molecule has 0 atom stereocenters. The van der Waals surface area contributed by atoms with Crippen LogP contribution in [0.15, 0.2) is 0 Å². The van der Waals surface area contributed by atoms with Crippen molar-refractivity contribution < 1.29 is 9.47 Å². The smallest absolute Gasteiger partial charge is 0.222 e. The summed E-state index contributed by atoms with van der Waals surface area (Å²) in [6, 6.07) is 0. The van der Waals surface area contributed by atoms with Crippen LogP contribution >= 0.6 is 0 Å². The maximum Gasteiger partial charge on any atom is 0.222 e. The van der Waals surface area contributed by atoms with Crippen molar-refractivity contribution in [1.29, 1.82) is 0 Å². The predicted octanol–water partition coefficient (Wildman–Crippen LogP) is 2.19. The van der Waals surface area contributed by atoms with Gasteiger partial charge in [-0.1, -0.05) is 12.8 Å². The first-order valence-corrected chi connectivity index (χ1v) is 4.56. The van der Waals surface area contributed by atoms with Crippen LogP contribution in [0, 0.1) is 11.8 Å².